The maximum atomic E-state index is 6.10. The van der Waals surface area contributed by atoms with Crippen LogP contribution < -0.4 is 5.73 Å². The van der Waals surface area contributed by atoms with E-state index in [0.29, 0.717) is 12.3 Å². The first-order chi connectivity index (χ1) is 8.66. The molecule has 5 nitrogen and oxygen atoms in total. The summed E-state index contributed by atoms with van der Waals surface area (Å²) in [7, 11) is 0. The summed E-state index contributed by atoms with van der Waals surface area (Å²) >= 11 is 0. The smallest absolute Gasteiger partial charge is 0.158 e. The van der Waals surface area contributed by atoms with Gasteiger partial charge in [-0.25, -0.2) is 0 Å². The molecular weight excluding hydrogens is 226 g/mol. The van der Waals surface area contributed by atoms with Gasteiger partial charge in [0.2, 0.25) is 0 Å². The molecule has 1 atom stereocenters. The predicted octanol–water partition coefficient (Wildman–Crippen LogP) is 1.58. The number of para-hydroxylation sites is 1. The Hall–Kier alpha value is -1.75. The van der Waals surface area contributed by atoms with E-state index < -0.39 is 0 Å². The third kappa shape index (κ3) is 3.13. The van der Waals surface area contributed by atoms with Gasteiger partial charge in [0.05, 0.1) is 5.69 Å². The first kappa shape index (κ1) is 12.7. The summed E-state index contributed by atoms with van der Waals surface area (Å²) in [4.78, 5) is 0. The molecule has 1 heterocycles. The zero-order chi connectivity index (χ0) is 13.0. The summed E-state index contributed by atoms with van der Waals surface area (Å²) in [6.45, 7) is 4.33. The maximum absolute atomic E-state index is 6.10. The Morgan fingerprint density at radius 1 is 1.22 bits per heavy atom. The largest absolute Gasteiger partial charge is 0.327 e. The number of tetrazole rings is 1. The van der Waals surface area contributed by atoms with E-state index in [2.05, 4.69) is 29.4 Å². The second kappa shape index (κ2) is 5.73. The number of hydrogen-bond acceptors (Lipinski definition) is 4. The van der Waals surface area contributed by atoms with E-state index in [-0.39, 0.29) is 6.04 Å². The van der Waals surface area contributed by atoms with Crippen molar-refractivity contribution >= 4 is 0 Å². The molecule has 5 heteroatoms. The van der Waals surface area contributed by atoms with Crippen LogP contribution in [0.3, 0.4) is 0 Å². The summed E-state index contributed by atoms with van der Waals surface area (Å²) in [5.74, 6) is 1.40. The number of hydrogen-bond donors (Lipinski definition) is 1. The lowest BCUT2D eigenvalue weighted by Crippen LogP contribution is -2.26. The molecule has 0 saturated carbocycles. The second-order valence-corrected chi connectivity index (χ2v) is 4.94. The molecule has 0 aliphatic carbocycles. The van der Waals surface area contributed by atoms with Gasteiger partial charge in [-0.3, -0.25) is 0 Å². The van der Waals surface area contributed by atoms with Crippen molar-refractivity contribution in [2.45, 2.75) is 32.7 Å². The van der Waals surface area contributed by atoms with Gasteiger partial charge in [0.1, 0.15) is 0 Å². The fourth-order valence-electron chi connectivity index (χ4n) is 2.03. The Morgan fingerprint density at radius 3 is 2.61 bits per heavy atom. The van der Waals surface area contributed by atoms with Gasteiger partial charge in [-0.15, -0.1) is 5.10 Å². The lowest BCUT2D eigenvalue weighted by atomic mass is 10.0. The Kier molecular flexibility index (Phi) is 4.04. The molecule has 2 N–H and O–H groups in total. The second-order valence-electron chi connectivity index (χ2n) is 4.94. The Bertz CT molecular complexity index is 477. The molecule has 18 heavy (non-hydrogen) atoms. The highest BCUT2D eigenvalue weighted by molar-refractivity contribution is 5.30. The van der Waals surface area contributed by atoms with Crippen molar-refractivity contribution < 1.29 is 0 Å². The van der Waals surface area contributed by atoms with Gasteiger partial charge < -0.3 is 5.73 Å². The van der Waals surface area contributed by atoms with Crippen LogP contribution in [0, 0.1) is 5.92 Å². The summed E-state index contributed by atoms with van der Waals surface area (Å²) in [6, 6.07) is 9.96. The van der Waals surface area contributed by atoms with Crippen molar-refractivity contribution in [1.29, 1.82) is 0 Å². The Labute approximate surface area is 107 Å². The van der Waals surface area contributed by atoms with E-state index in [1.54, 1.807) is 4.68 Å². The average Bonchev–Trinajstić information content (AvgIpc) is 2.77. The molecule has 0 aliphatic heterocycles. The van der Waals surface area contributed by atoms with Crippen molar-refractivity contribution in [3.05, 3.63) is 36.2 Å². The molecule has 1 aromatic heterocycles. The van der Waals surface area contributed by atoms with E-state index in [1.807, 2.05) is 30.3 Å². The van der Waals surface area contributed by atoms with Crippen molar-refractivity contribution in [2.75, 3.05) is 0 Å². The maximum Gasteiger partial charge on any atom is 0.158 e. The molecule has 0 amide bonds. The van der Waals surface area contributed by atoms with Crippen LogP contribution in [0.5, 0.6) is 0 Å². The molecule has 0 fully saturated rings. The number of rotatable bonds is 5. The lowest BCUT2D eigenvalue weighted by Gasteiger charge is -2.13. The van der Waals surface area contributed by atoms with E-state index >= 15 is 0 Å². The van der Waals surface area contributed by atoms with Crippen LogP contribution in [0.1, 0.15) is 26.1 Å². The average molecular weight is 245 g/mol. The fraction of sp³-hybridized carbons (Fsp3) is 0.462. The minimum absolute atomic E-state index is 0.0958. The third-order valence-electron chi connectivity index (χ3n) is 2.75. The fourth-order valence-corrected chi connectivity index (χ4v) is 2.03. The summed E-state index contributed by atoms with van der Waals surface area (Å²) < 4.78 is 1.75. The summed E-state index contributed by atoms with van der Waals surface area (Å²) in [5.41, 5.74) is 7.07. The first-order valence-corrected chi connectivity index (χ1v) is 6.25. The third-order valence-corrected chi connectivity index (χ3v) is 2.75. The Morgan fingerprint density at radius 2 is 1.94 bits per heavy atom. The standard InChI is InChI=1S/C13H19N5/c1-10(2)8-11(14)9-13-15-16-17-18(13)12-6-4-3-5-7-12/h3-7,10-11H,8-9,14H2,1-2H3. The monoisotopic (exact) mass is 245 g/mol. The van der Waals surface area contributed by atoms with Crippen LogP contribution in [0.4, 0.5) is 0 Å². The van der Waals surface area contributed by atoms with Crippen LogP contribution >= 0.6 is 0 Å². The van der Waals surface area contributed by atoms with Gasteiger partial charge in [-0.1, -0.05) is 32.0 Å². The predicted molar refractivity (Wildman–Crippen MR) is 70.3 cm³/mol. The topological polar surface area (TPSA) is 69.6 Å². The highest BCUT2D eigenvalue weighted by Crippen LogP contribution is 2.11. The molecule has 0 aliphatic rings. The normalized spacial score (nSPS) is 12.9. The van der Waals surface area contributed by atoms with Gasteiger partial charge >= 0.3 is 0 Å². The molecule has 0 spiro atoms. The van der Waals surface area contributed by atoms with Crippen molar-refractivity contribution in [1.82, 2.24) is 20.2 Å². The number of benzene rings is 1. The Balaban J connectivity index is 2.14. The molecule has 2 aromatic rings. The van der Waals surface area contributed by atoms with Gasteiger partial charge in [0, 0.05) is 12.5 Å². The minimum atomic E-state index is 0.0958. The SMILES string of the molecule is CC(C)CC(N)Cc1nnnn1-c1ccccc1. The molecule has 2 rings (SSSR count). The zero-order valence-electron chi connectivity index (χ0n) is 10.8. The molecule has 0 radical (unpaired) electrons. The quantitative estimate of drug-likeness (QED) is 0.868. The highest BCUT2D eigenvalue weighted by atomic mass is 15.5. The van der Waals surface area contributed by atoms with E-state index in [0.717, 1.165) is 17.9 Å². The van der Waals surface area contributed by atoms with Gasteiger partial charge in [0.25, 0.3) is 0 Å². The number of nitrogens with two attached hydrogens (primary N) is 1. The summed E-state index contributed by atoms with van der Waals surface area (Å²) in [6.07, 6.45) is 1.67. The van der Waals surface area contributed by atoms with E-state index in [4.69, 9.17) is 5.73 Å². The minimum Gasteiger partial charge on any atom is -0.327 e. The molecule has 0 saturated heterocycles. The molecule has 0 bridgehead atoms. The zero-order valence-corrected chi connectivity index (χ0v) is 10.8. The lowest BCUT2D eigenvalue weighted by molar-refractivity contribution is 0.483. The first-order valence-electron chi connectivity index (χ1n) is 6.25. The van der Waals surface area contributed by atoms with Crippen molar-refractivity contribution in [3.8, 4) is 5.69 Å². The molecule has 1 unspecified atom stereocenters. The molecule has 1 aromatic carbocycles. The van der Waals surface area contributed by atoms with Crippen molar-refractivity contribution in [3.63, 3.8) is 0 Å². The van der Waals surface area contributed by atoms with Crippen molar-refractivity contribution in [2.24, 2.45) is 11.7 Å². The molecular formula is C13H19N5. The highest BCUT2D eigenvalue weighted by Gasteiger charge is 2.13. The van der Waals surface area contributed by atoms with Crippen LogP contribution in [0.15, 0.2) is 30.3 Å². The summed E-state index contributed by atoms with van der Waals surface area (Å²) in [5, 5.41) is 11.8. The van der Waals surface area contributed by atoms with Gasteiger partial charge in [-0.2, -0.15) is 4.68 Å². The van der Waals surface area contributed by atoms with Gasteiger partial charge in [0.15, 0.2) is 5.82 Å². The van der Waals surface area contributed by atoms with Crippen LogP contribution in [-0.2, 0) is 6.42 Å². The van der Waals surface area contributed by atoms with Crippen LogP contribution in [-0.4, -0.2) is 26.2 Å². The molecule has 96 valence electrons. The number of aromatic nitrogens is 4. The van der Waals surface area contributed by atoms with Crippen LogP contribution in [0.25, 0.3) is 5.69 Å². The number of nitrogens with zero attached hydrogens (tertiary/aromatic N) is 4. The van der Waals surface area contributed by atoms with E-state index in [9.17, 15) is 0 Å². The van der Waals surface area contributed by atoms with Gasteiger partial charge in [-0.05, 0) is 34.9 Å². The van der Waals surface area contributed by atoms with E-state index in [1.165, 1.54) is 0 Å². The van der Waals surface area contributed by atoms with Crippen LogP contribution in [0.2, 0.25) is 0 Å².